The van der Waals surface area contributed by atoms with Crippen molar-refractivity contribution in [1.29, 1.82) is 0 Å². The minimum absolute atomic E-state index is 0.410. The van der Waals surface area contributed by atoms with Gasteiger partial charge in [0.15, 0.2) is 0 Å². The van der Waals surface area contributed by atoms with Crippen LogP contribution in [0, 0.1) is 5.92 Å². The van der Waals surface area contributed by atoms with Crippen molar-refractivity contribution in [1.82, 2.24) is 15.0 Å². The van der Waals surface area contributed by atoms with Gasteiger partial charge in [-0.3, -0.25) is 0 Å². The lowest BCUT2D eigenvalue weighted by Crippen LogP contribution is -2.30. The second kappa shape index (κ2) is 7.26. The topological polar surface area (TPSA) is 63.2 Å². The number of nitrogens with zero attached hydrogens (tertiary/aromatic N) is 4. The molecule has 1 aliphatic rings. The lowest BCUT2D eigenvalue weighted by molar-refractivity contribution is 0.290. The minimum Gasteiger partial charge on any atom is -0.463 e. The Hall–Kier alpha value is -1.59. The van der Waals surface area contributed by atoms with Gasteiger partial charge in [0.2, 0.25) is 11.9 Å². The summed E-state index contributed by atoms with van der Waals surface area (Å²) in [5.41, 5.74) is 0. The number of hydrogen-bond donors (Lipinski definition) is 1. The van der Waals surface area contributed by atoms with Gasteiger partial charge in [-0.1, -0.05) is 13.3 Å². The number of hydrogen-bond acceptors (Lipinski definition) is 6. The monoisotopic (exact) mass is 279 g/mol. The average Bonchev–Trinajstić information content (AvgIpc) is 2.40. The number of ether oxygens (including phenoxy) is 1. The maximum Gasteiger partial charge on any atom is 0.323 e. The summed E-state index contributed by atoms with van der Waals surface area (Å²) >= 11 is 0. The summed E-state index contributed by atoms with van der Waals surface area (Å²) in [7, 11) is 2.03. The quantitative estimate of drug-likeness (QED) is 0.788. The standard InChI is InChI=1S/C14H25N5O/c1-4-9-20-14-17-12(15-5-2)16-13(18-14)19(3)10-11-7-6-8-11/h11H,4-10H2,1-3H3,(H,15,16,17,18). The summed E-state index contributed by atoms with van der Waals surface area (Å²) in [5, 5.41) is 3.13. The summed E-state index contributed by atoms with van der Waals surface area (Å²) in [6, 6.07) is 0.410. The molecule has 1 N–H and O–H groups in total. The molecule has 1 aromatic rings. The van der Waals surface area contributed by atoms with Crippen LogP contribution < -0.4 is 15.0 Å². The summed E-state index contributed by atoms with van der Waals surface area (Å²) in [6.45, 7) is 6.50. The van der Waals surface area contributed by atoms with Crippen molar-refractivity contribution in [3.8, 4) is 6.01 Å². The molecule has 0 bridgehead atoms. The Morgan fingerprint density at radius 2 is 2.05 bits per heavy atom. The van der Waals surface area contributed by atoms with E-state index in [4.69, 9.17) is 4.74 Å². The average molecular weight is 279 g/mol. The summed E-state index contributed by atoms with van der Waals surface area (Å²) in [5.74, 6) is 2.05. The van der Waals surface area contributed by atoms with Crippen LogP contribution in [-0.2, 0) is 0 Å². The molecule has 0 amide bonds. The van der Waals surface area contributed by atoms with Gasteiger partial charge in [0, 0.05) is 20.1 Å². The van der Waals surface area contributed by atoms with Gasteiger partial charge in [-0.15, -0.1) is 0 Å². The molecule has 0 atom stereocenters. The third-order valence-corrected chi connectivity index (χ3v) is 3.47. The van der Waals surface area contributed by atoms with E-state index in [1.54, 1.807) is 0 Å². The third kappa shape index (κ3) is 3.95. The molecule has 1 fully saturated rings. The fraction of sp³-hybridized carbons (Fsp3) is 0.786. The minimum atomic E-state index is 0.410. The predicted molar refractivity (Wildman–Crippen MR) is 80.4 cm³/mol. The molecule has 112 valence electrons. The van der Waals surface area contributed by atoms with E-state index in [2.05, 4.69) is 32.1 Å². The van der Waals surface area contributed by atoms with Crippen LogP contribution >= 0.6 is 0 Å². The zero-order valence-corrected chi connectivity index (χ0v) is 12.7. The zero-order chi connectivity index (χ0) is 14.4. The molecule has 1 heterocycles. The SMILES string of the molecule is CCCOc1nc(NCC)nc(N(C)CC2CCC2)n1. The second-order valence-electron chi connectivity index (χ2n) is 5.30. The highest BCUT2D eigenvalue weighted by Gasteiger charge is 2.21. The van der Waals surface area contributed by atoms with Crippen molar-refractivity contribution in [2.45, 2.75) is 39.5 Å². The first-order chi connectivity index (χ1) is 9.72. The van der Waals surface area contributed by atoms with E-state index >= 15 is 0 Å². The molecule has 1 saturated carbocycles. The van der Waals surface area contributed by atoms with Crippen molar-refractivity contribution in [2.75, 3.05) is 37.0 Å². The van der Waals surface area contributed by atoms with Gasteiger partial charge in [0.25, 0.3) is 0 Å². The van der Waals surface area contributed by atoms with Gasteiger partial charge < -0.3 is 15.0 Å². The van der Waals surface area contributed by atoms with E-state index < -0.39 is 0 Å². The molecule has 1 aliphatic carbocycles. The molecule has 0 aliphatic heterocycles. The van der Waals surface area contributed by atoms with Crippen molar-refractivity contribution in [3.05, 3.63) is 0 Å². The second-order valence-corrected chi connectivity index (χ2v) is 5.30. The van der Waals surface area contributed by atoms with E-state index in [1.165, 1.54) is 19.3 Å². The largest absolute Gasteiger partial charge is 0.463 e. The Bertz CT molecular complexity index is 422. The summed E-state index contributed by atoms with van der Waals surface area (Å²) in [6.07, 6.45) is 4.92. The fourth-order valence-electron chi connectivity index (χ4n) is 2.16. The van der Waals surface area contributed by atoms with Crippen LogP contribution in [0.2, 0.25) is 0 Å². The van der Waals surface area contributed by atoms with Crippen LogP contribution in [0.1, 0.15) is 39.5 Å². The van der Waals surface area contributed by atoms with Gasteiger partial charge in [0.05, 0.1) is 6.61 Å². The van der Waals surface area contributed by atoms with Crippen LogP contribution in [0.3, 0.4) is 0 Å². The van der Waals surface area contributed by atoms with Gasteiger partial charge in [0.1, 0.15) is 0 Å². The first-order valence-corrected chi connectivity index (χ1v) is 7.56. The fourth-order valence-corrected chi connectivity index (χ4v) is 2.16. The lowest BCUT2D eigenvalue weighted by atomic mass is 9.85. The highest BCUT2D eigenvalue weighted by Crippen LogP contribution is 2.28. The molecule has 2 rings (SSSR count). The molecule has 0 unspecified atom stereocenters. The van der Waals surface area contributed by atoms with Gasteiger partial charge in [-0.05, 0) is 32.1 Å². The molecule has 6 heteroatoms. The molecule has 0 saturated heterocycles. The van der Waals surface area contributed by atoms with Gasteiger partial charge in [-0.2, -0.15) is 15.0 Å². The summed E-state index contributed by atoms with van der Waals surface area (Å²) < 4.78 is 5.55. The Balaban J connectivity index is 2.09. The smallest absolute Gasteiger partial charge is 0.323 e. The molecule has 0 radical (unpaired) electrons. The first-order valence-electron chi connectivity index (χ1n) is 7.56. The molecule has 6 nitrogen and oxygen atoms in total. The maximum absolute atomic E-state index is 5.55. The molecule has 1 aromatic heterocycles. The number of aromatic nitrogens is 3. The van der Waals surface area contributed by atoms with Crippen LogP contribution in [-0.4, -0.2) is 41.7 Å². The molecular formula is C14H25N5O. The van der Waals surface area contributed by atoms with Crippen molar-refractivity contribution in [2.24, 2.45) is 5.92 Å². The Morgan fingerprint density at radius 1 is 1.25 bits per heavy atom. The van der Waals surface area contributed by atoms with Gasteiger partial charge in [-0.25, -0.2) is 0 Å². The van der Waals surface area contributed by atoms with Crippen LogP contribution in [0.4, 0.5) is 11.9 Å². The third-order valence-electron chi connectivity index (χ3n) is 3.47. The van der Waals surface area contributed by atoms with E-state index in [-0.39, 0.29) is 0 Å². The van der Waals surface area contributed by atoms with Crippen LogP contribution in [0.5, 0.6) is 6.01 Å². The van der Waals surface area contributed by atoms with Gasteiger partial charge >= 0.3 is 6.01 Å². The number of nitrogens with one attached hydrogen (secondary N) is 1. The number of rotatable bonds is 8. The normalized spacial score (nSPS) is 14.8. The molecular weight excluding hydrogens is 254 g/mol. The predicted octanol–water partition coefficient (Wildman–Crippen LogP) is 2.33. The Kier molecular flexibility index (Phi) is 5.38. The highest BCUT2D eigenvalue weighted by atomic mass is 16.5. The lowest BCUT2D eigenvalue weighted by Gasteiger charge is -2.30. The zero-order valence-electron chi connectivity index (χ0n) is 12.7. The van der Waals surface area contributed by atoms with E-state index in [0.29, 0.717) is 24.5 Å². The molecule has 20 heavy (non-hydrogen) atoms. The molecule has 0 aromatic carbocycles. The van der Waals surface area contributed by atoms with E-state index in [1.807, 2.05) is 14.0 Å². The van der Waals surface area contributed by atoms with Crippen molar-refractivity contribution >= 4 is 11.9 Å². The van der Waals surface area contributed by atoms with Crippen molar-refractivity contribution < 1.29 is 4.74 Å². The van der Waals surface area contributed by atoms with E-state index in [0.717, 1.165) is 25.4 Å². The highest BCUT2D eigenvalue weighted by molar-refractivity contribution is 5.37. The Labute approximate surface area is 121 Å². The van der Waals surface area contributed by atoms with Crippen LogP contribution in [0.15, 0.2) is 0 Å². The molecule has 0 spiro atoms. The Morgan fingerprint density at radius 3 is 2.65 bits per heavy atom. The number of anilines is 2. The first kappa shape index (κ1) is 14.8. The maximum atomic E-state index is 5.55. The van der Waals surface area contributed by atoms with Crippen LogP contribution in [0.25, 0.3) is 0 Å². The van der Waals surface area contributed by atoms with Crippen molar-refractivity contribution in [3.63, 3.8) is 0 Å². The van der Waals surface area contributed by atoms with E-state index in [9.17, 15) is 0 Å². The summed E-state index contributed by atoms with van der Waals surface area (Å²) in [4.78, 5) is 15.2.